The summed E-state index contributed by atoms with van der Waals surface area (Å²) in [5, 5.41) is 9.48. The van der Waals surface area contributed by atoms with Gasteiger partial charge in [0.25, 0.3) is 5.91 Å². The van der Waals surface area contributed by atoms with Crippen molar-refractivity contribution in [1.82, 2.24) is 4.90 Å². The minimum atomic E-state index is -1.18. The third-order valence-corrected chi connectivity index (χ3v) is 3.89. The van der Waals surface area contributed by atoms with Crippen LogP contribution in [-0.4, -0.2) is 35.0 Å². The third kappa shape index (κ3) is 3.01. The highest BCUT2D eigenvalue weighted by molar-refractivity contribution is 6.42. The maximum absolute atomic E-state index is 12.3. The first-order valence-corrected chi connectivity index (χ1v) is 6.78. The molecule has 0 radical (unpaired) electrons. The lowest BCUT2D eigenvalue weighted by molar-refractivity contribution is 0.0666. The van der Waals surface area contributed by atoms with Crippen molar-refractivity contribution in [1.29, 1.82) is 0 Å². The molecule has 19 heavy (non-hydrogen) atoms. The number of carbonyl (C=O) groups excluding carboxylic acids is 1. The van der Waals surface area contributed by atoms with Crippen LogP contribution in [0.1, 0.15) is 40.0 Å². The van der Waals surface area contributed by atoms with Crippen LogP contribution in [0.4, 0.5) is 0 Å². The average molecular weight is 302 g/mol. The van der Waals surface area contributed by atoms with Gasteiger partial charge in [0.2, 0.25) is 0 Å². The summed E-state index contributed by atoms with van der Waals surface area (Å²) in [6.07, 6.45) is 2.97. The number of piperidine rings is 1. The maximum atomic E-state index is 12.3. The second-order valence-corrected chi connectivity index (χ2v) is 5.28. The number of carbonyl (C=O) groups is 2. The molecule has 0 bridgehead atoms. The fourth-order valence-corrected chi connectivity index (χ4v) is 2.50. The molecule has 102 valence electrons. The number of aromatic carboxylic acids is 1. The fourth-order valence-electron chi connectivity index (χ4n) is 2.17. The quantitative estimate of drug-likeness (QED) is 0.911. The number of rotatable bonds is 2. The topological polar surface area (TPSA) is 57.6 Å². The zero-order valence-electron chi connectivity index (χ0n) is 10.2. The van der Waals surface area contributed by atoms with E-state index in [2.05, 4.69) is 0 Å². The molecule has 0 aromatic heterocycles. The number of likely N-dealkylation sites (tertiary alicyclic amines) is 1. The number of amides is 1. The molecule has 1 N–H and O–H groups in total. The van der Waals surface area contributed by atoms with E-state index in [0.717, 1.165) is 19.3 Å². The summed E-state index contributed by atoms with van der Waals surface area (Å²) < 4.78 is 0. The Labute approximate surface area is 120 Å². The van der Waals surface area contributed by atoms with Gasteiger partial charge in [0.15, 0.2) is 0 Å². The molecule has 0 saturated carbocycles. The van der Waals surface area contributed by atoms with Crippen molar-refractivity contribution < 1.29 is 14.7 Å². The second-order valence-electron chi connectivity index (χ2n) is 4.47. The number of benzene rings is 1. The minimum absolute atomic E-state index is 0.101. The van der Waals surface area contributed by atoms with Gasteiger partial charge in [-0.15, -0.1) is 0 Å². The number of nitrogens with zero attached hydrogens (tertiary/aromatic N) is 1. The summed E-state index contributed by atoms with van der Waals surface area (Å²) in [5.74, 6) is -1.48. The van der Waals surface area contributed by atoms with E-state index in [1.807, 2.05) is 0 Å². The normalized spacial score (nSPS) is 15.4. The Morgan fingerprint density at radius 1 is 1.00 bits per heavy atom. The monoisotopic (exact) mass is 301 g/mol. The highest BCUT2D eigenvalue weighted by Crippen LogP contribution is 2.27. The Balaban J connectivity index is 2.39. The van der Waals surface area contributed by atoms with E-state index in [4.69, 9.17) is 28.3 Å². The van der Waals surface area contributed by atoms with Gasteiger partial charge in [-0.3, -0.25) is 4.79 Å². The van der Waals surface area contributed by atoms with Crippen LogP contribution in [0.25, 0.3) is 0 Å². The van der Waals surface area contributed by atoms with E-state index < -0.39 is 5.97 Å². The van der Waals surface area contributed by atoms with Gasteiger partial charge in [0.1, 0.15) is 0 Å². The Kier molecular flexibility index (Phi) is 4.32. The first-order chi connectivity index (χ1) is 9.00. The van der Waals surface area contributed by atoms with Crippen LogP contribution in [-0.2, 0) is 0 Å². The van der Waals surface area contributed by atoms with Crippen LogP contribution in [0.15, 0.2) is 12.1 Å². The van der Waals surface area contributed by atoms with E-state index in [1.165, 1.54) is 12.1 Å². The van der Waals surface area contributed by atoms with E-state index >= 15 is 0 Å². The first kappa shape index (κ1) is 14.2. The molecule has 0 spiro atoms. The lowest BCUT2D eigenvalue weighted by Crippen LogP contribution is -2.36. The van der Waals surface area contributed by atoms with Crippen molar-refractivity contribution >= 4 is 35.1 Å². The number of halogens is 2. The molecule has 1 aromatic carbocycles. The number of carboxylic acids is 1. The summed E-state index contributed by atoms with van der Waals surface area (Å²) >= 11 is 11.7. The molecule has 6 heteroatoms. The van der Waals surface area contributed by atoms with E-state index in [0.29, 0.717) is 13.1 Å². The number of carboxylic acid groups (broad SMARTS) is 1. The standard InChI is InChI=1S/C13H13Cl2NO3/c14-10-6-8(9(13(18)19)7-11(10)15)12(17)16-4-2-1-3-5-16/h6-7H,1-5H2,(H,18,19). The van der Waals surface area contributed by atoms with Crippen LogP contribution in [0.5, 0.6) is 0 Å². The Hall–Kier alpha value is -1.26. The smallest absolute Gasteiger partial charge is 0.336 e. The Morgan fingerprint density at radius 3 is 2.05 bits per heavy atom. The van der Waals surface area contributed by atoms with E-state index in [1.54, 1.807) is 4.90 Å². The molecule has 0 aliphatic carbocycles. The van der Waals surface area contributed by atoms with Crippen molar-refractivity contribution in [2.24, 2.45) is 0 Å². The van der Waals surface area contributed by atoms with Crippen molar-refractivity contribution in [2.75, 3.05) is 13.1 Å². The average Bonchev–Trinajstić information content (AvgIpc) is 2.41. The number of hydrogen-bond donors (Lipinski definition) is 1. The van der Waals surface area contributed by atoms with Gasteiger partial charge < -0.3 is 10.0 Å². The van der Waals surface area contributed by atoms with Crippen molar-refractivity contribution in [3.8, 4) is 0 Å². The molecule has 0 unspecified atom stereocenters. The molecule has 4 nitrogen and oxygen atoms in total. The third-order valence-electron chi connectivity index (χ3n) is 3.16. The zero-order valence-corrected chi connectivity index (χ0v) is 11.7. The van der Waals surface area contributed by atoms with Crippen LogP contribution in [0.3, 0.4) is 0 Å². The summed E-state index contributed by atoms with van der Waals surface area (Å²) in [5.41, 5.74) is -0.00577. The molecular weight excluding hydrogens is 289 g/mol. The van der Waals surface area contributed by atoms with Gasteiger partial charge in [0, 0.05) is 13.1 Å². The SMILES string of the molecule is O=C(O)c1cc(Cl)c(Cl)cc1C(=O)N1CCCCC1. The molecule has 1 fully saturated rings. The predicted molar refractivity (Wildman–Crippen MR) is 73.2 cm³/mol. The van der Waals surface area contributed by atoms with Gasteiger partial charge in [-0.25, -0.2) is 4.79 Å². The Morgan fingerprint density at radius 2 is 1.53 bits per heavy atom. The van der Waals surface area contributed by atoms with E-state index in [-0.39, 0.29) is 27.1 Å². The highest BCUT2D eigenvalue weighted by atomic mass is 35.5. The van der Waals surface area contributed by atoms with Crippen molar-refractivity contribution in [2.45, 2.75) is 19.3 Å². The van der Waals surface area contributed by atoms with Gasteiger partial charge in [-0.2, -0.15) is 0 Å². The molecule has 0 atom stereocenters. The zero-order chi connectivity index (χ0) is 14.0. The summed E-state index contributed by atoms with van der Waals surface area (Å²) in [4.78, 5) is 25.2. The van der Waals surface area contributed by atoms with Crippen molar-refractivity contribution in [3.63, 3.8) is 0 Å². The summed E-state index contributed by atoms with van der Waals surface area (Å²) in [6, 6.07) is 2.56. The van der Waals surface area contributed by atoms with Crippen molar-refractivity contribution in [3.05, 3.63) is 33.3 Å². The largest absolute Gasteiger partial charge is 0.478 e. The number of hydrogen-bond acceptors (Lipinski definition) is 2. The fraction of sp³-hybridized carbons (Fsp3) is 0.385. The van der Waals surface area contributed by atoms with Gasteiger partial charge >= 0.3 is 5.97 Å². The molecule has 1 saturated heterocycles. The molecule has 1 heterocycles. The van der Waals surface area contributed by atoms with Gasteiger partial charge in [-0.1, -0.05) is 23.2 Å². The van der Waals surface area contributed by atoms with Crippen LogP contribution < -0.4 is 0 Å². The highest BCUT2D eigenvalue weighted by Gasteiger charge is 2.24. The van der Waals surface area contributed by atoms with Gasteiger partial charge in [-0.05, 0) is 31.4 Å². The first-order valence-electron chi connectivity index (χ1n) is 6.02. The molecule has 1 aliphatic rings. The summed E-state index contributed by atoms with van der Waals surface area (Å²) in [7, 11) is 0. The second kappa shape index (κ2) is 5.80. The summed E-state index contributed by atoms with van der Waals surface area (Å²) in [6.45, 7) is 1.30. The molecule has 1 amide bonds. The maximum Gasteiger partial charge on any atom is 0.336 e. The predicted octanol–water partition coefficient (Wildman–Crippen LogP) is 3.32. The van der Waals surface area contributed by atoms with Gasteiger partial charge in [0.05, 0.1) is 21.2 Å². The molecule has 2 rings (SSSR count). The minimum Gasteiger partial charge on any atom is -0.478 e. The molecular formula is C13H13Cl2NO3. The Bertz CT molecular complexity index is 525. The van der Waals surface area contributed by atoms with E-state index in [9.17, 15) is 9.59 Å². The van der Waals surface area contributed by atoms with Crippen LogP contribution in [0.2, 0.25) is 10.0 Å². The van der Waals surface area contributed by atoms with Crippen LogP contribution in [0, 0.1) is 0 Å². The lowest BCUT2D eigenvalue weighted by Gasteiger charge is -2.27. The van der Waals surface area contributed by atoms with Crippen LogP contribution >= 0.6 is 23.2 Å². The lowest BCUT2D eigenvalue weighted by atomic mass is 10.0. The molecule has 1 aromatic rings. The molecule has 1 aliphatic heterocycles.